The summed E-state index contributed by atoms with van der Waals surface area (Å²) in [7, 11) is 0. The van der Waals surface area contributed by atoms with Gasteiger partial charge in [-0.2, -0.15) is 0 Å². The summed E-state index contributed by atoms with van der Waals surface area (Å²) >= 11 is 0. The van der Waals surface area contributed by atoms with Crippen LogP contribution >= 0.6 is 0 Å². The fourth-order valence-electron chi connectivity index (χ4n) is 6.55. The van der Waals surface area contributed by atoms with Crippen LogP contribution in [0.1, 0.15) is 47.9 Å². The van der Waals surface area contributed by atoms with Crippen LogP contribution in [0.15, 0.2) is 90.5 Å². The van der Waals surface area contributed by atoms with Gasteiger partial charge in [-0.25, -0.2) is 0 Å². The minimum absolute atomic E-state index is 0.278. The van der Waals surface area contributed by atoms with Crippen molar-refractivity contribution in [3.63, 3.8) is 0 Å². The molecule has 2 N–H and O–H groups in total. The first kappa shape index (κ1) is 23.1. The average molecular weight is 467 g/mol. The van der Waals surface area contributed by atoms with Gasteiger partial charge in [-0.1, -0.05) is 90.5 Å². The summed E-state index contributed by atoms with van der Waals surface area (Å²) in [5, 5.41) is 21.5. The quantitative estimate of drug-likeness (QED) is 0.417. The number of rotatable bonds is 8. The van der Waals surface area contributed by atoms with Gasteiger partial charge in [0, 0.05) is 5.41 Å². The normalized spacial score (nSPS) is 20.6. The van der Waals surface area contributed by atoms with E-state index in [1.165, 1.54) is 5.57 Å². The maximum Gasteiger partial charge on any atom is 0.308 e. The largest absolute Gasteiger partial charge is 0.481 e. The third-order valence-corrected chi connectivity index (χ3v) is 7.93. The Morgan fingerprint density at radius 1 is 0.686 bits per heavy atom. The SMILES string of the molecule is O=C(O)C(Cc1ccccc1)C1(C(Cc2ccccc2)C(=O)O)C2=C(CCCC2)c2ccccc21. The minimum atomic E-state index is -1.12. The number of allylic oxidation sites excluding steroid dienone is 2. The predicted octanol–water partition coefficient (Wildman–Crippen LogP) is 6.15. The molecule has 35 heavy (non-hydrogen) atoms. The Hall–Kier alpha value is -3.66. The van der Waals surface area contributed by atoms with Gasteiger partial charge in [-0.15, -0.1) is 0 Å². The lowest BCUT2D eigenvalue weighted by Gasteiger charge is -2.44. The highest BCUT2D eigenvalue weighted by Crippen LogP contribution is 2.60. The van der Waals surface area contributed by atoms with Crippen LogP contribution < -0.4 is 0 Å². The van der Waals surface area contributed by atoms with Gasteiger partial charge in [0.2, 0.25) is 0 Å². The lowest BCUT2D eigenvalue weighted by Crippen LogP contribution is -2.51. The van der Waals surface area contributed by atoms with Crippen LogP contribution in [0.2, 0.25) is 0 Å². The Morgan fingerprint density at radius 3 is 1.71 bits per heavy atom. The molecule has 5 rings (SSSR count). The summed E-state index contributed by atoms with van der Waals surface area (Å²) in [6.07, 6.45) is 4.14. The third kappa shape index (κ3) is 3.97. The lowest BCUT2D eigenvalue weighted by molar-refractivity contribution is -0.150. The highest BCUT2D eigenvalue weighted by atomic mass is 16.4. The van der Waals surface area contributed by atoms with E-state index < -0.39 is 29.2 Å². The summed E-state index contributed by atoms with van der Waals surface area (Å²) in [4.78, 5) is 26.3. The van der Waals surface area contributed by atoms with Gasteiger partial charge in [-0.3, -0.25) is 9.59 Å². The Morgan fingerprint density at radius 2 is 1.17 bits per heavy atom. The fraction of sp³-hybridized carbons (Fsp3) is 0.290. The maximum absolute atomic E-state index is 13.1. The zero-order valence-corrected chi connectivity index (χ0v) is 19.7. The second-order valence-electron chi connectivity index (χ2n) is 9.74. The summed E-state index contributed by atoms with van der Waals surface area (Å²) in [5.74, 6) is -3.69. The van der Waals surface area contributed by atoms with Crippen LogP contribution in [-0.4, -0.2) is 22.2 Å². The van der Waals surface area contributed by atoms with E-state index in [-0.39, 0.29) is 12.8 Å². The van der Waals surface area contributed by atoms with Crippen molar-refractivity contribution in [2.24, 2.45) is 11.8 Å². The van der Waals surface area contributed by atoms with E-state index in [1.54, 1.807) is 0 Å². The van der Waals surface area contributed by atoms with Crippen LogP contribution in [0.25, 0.3) is 5.57 Å². The number of carboxylic acid groups (broad SMARTS) is 2. The van der Waals surface area contributed by atoms with Crippen LogP contribution in [0.5, 0.6) is 0 Å². The zero-order valence-electron chi connectivity index (χ0n) is 19.7. The molecule has 0 fully saturated rings. The van der Waals surface area contributed by atoms with Crippen molar-refractivity contribution < 1.29 is 19.8 Å². The standard InChI is InChI=1S/C31H30O4/c32-29(33)27(19-21-11-3-1-4-12-21)31(28(30(34)35)20-22-13-5-2-6-14-22)25-17-9-7-15-23(25)24-16-8-10-18-26(24)31/h1-7,9,11-15,17,27-28H,8,10,16,18-20H2,(H,32,33)(H,34,35). The molecule has 0 saturated carbocycles. The van der Waals surface area contributed by atoms with Gasteiger partial charge < -0.3 is 10.2 Å². The molecule has 3 aromatic carbocycles. The van der Waals surface area contributed by atoms with E-state index in [1.807, 2.05) is 78.9 Å². The number of fused-ring (bicyclic) bond motifs is 2. The molecule has 0 bridgehead atoms. The second kappa shape index (κ2) is 9.53. The molecule has 0 saturated heterocycles. The molecule has 0 radical (unpaired) electrons. The molecule has 0 aromatic heterocycles. The van der Waals surface area contributed by atoms with Crippen molar-refractivity contribution in [2.45, 2.75) is 43.9 Å². The number of aliphatic carboxylic acids is 2. The highest BCUT2D eigenvalue weighted by molar-refractivity contribution is 5.89. The van der Waals surface area contributed by atoms with Gasteiger partial charge in [0.15, 0.2) is 0 Å². The van der Waals surface area contributed by atoms with Gasteiger partial charge in [0.05, 0.1) is 11.8 Å². The Bertz CT molecular complexity index is 1200. The Balaban J connectivity index is 1.78. The van der Waals surface area contributed by atoms with Crippen LogP contribution in [0.4, 0.5) is 0 Å². The first-order chi connectivity index (χ1) is 17.0. The molecule has 2 atom stereocenters. The molecular formula is C31H30O4. The van der Waals surface area contributed by atoms with Crippen molar-refractivity contribution in [1.82, 2.24) is 0 Å². The van der Waals surface area contributed by atoms with Crippen LogP contribution in [0.3, 0.4) is 0 Å². The number of carbonyl (C=O) groups is 2. The van der Waals surface area contributed by atoms with Crippen LogP contribution in [0, 0.1) is 11.8 Å². The Kier molecular flexibility index (Phi) is 6.29. The lowest BCUT2D eigenvalue weighted by atomic mass is 9.56. The third-order valence-electron chi connectivity index (χ3n) is 7.93. The molecule has 4 nitrogen and oxygen atoms in total. The molecule has 2 aliphatic rings. The first-order valence-corrected chi connectivity index (χ1v) is 12.4. The van der Waals surface area contributed by atoms with Crippen molar-refractivity contribution in [3.8, 4) is 0 Å². The van der Waals surface area contributed by atoms with Gasteiger partial charge in [-0.05, 0) is 66.4 Å². The number of carboxylic acids is 2. The molecule has 0 amide bonds. The van der Waals surface area contributed by atoms with Crippen molar-refractivity contribution >= 4 is 17.5 Å². The van der Waals surface area contributed by atoms with Crippen molar-refractivity contribution in [2.75, 3.05) is 0 Å². The Labute approximate surface area is 206 Å². The summed E-state index contributed by atoms with van der Waals surface area (Å²) in [6, 6.07) is 27.2. The van der Waals surface area contributed by atoms with Crippen molar-refractivity contribution in [3.05, 3.63) is 113 Å². The average Bonchev–Trinajstić information content (AvgIpc) is 3.18. The predicted molar refractivity (Wildman–Crippen MR) is 136 cm³/mol. The molecule has 178 valence electrons. The van der Waals surface area contributed by atoms with Crippen molar-refractivity contribution in [1.29, 1.82) is 0 Å². The molecule has 0 heterocycles. The van der Waals surface area contributed by atoms with E-state index in [4.69, 9.17) is 0 Å². The van der Waals surface area contributed by atoms with Crippen LogP contribution in [-0.2, 0) is 27.8 Å². The topological polar surface area (TPSA) is 74.6 Å². The zero-order chi connectivity index (χ0) is 24.4. The molecule has 2 unspecified atom stereocenters. The fourth-order valence-corrected chi connectivity index (χ4v) is 6.55. The van der Waals surface area contributed by atoms with E-state index >= 15 is 0 Å². The van der Waals surface area contributed by atoms with E-state index in [9.17, 15) is 19.8 Å². The number of hydrogen-bond donors (Lipinski definition) is 2. The van der Waals surface area contributed by atoms with E-state index in [2.05, 4.69) is 6.07 Å². The van der Waals surface area contributed by atoms with E-state index in [0.717, 1.165) is 53.5 Å². The molecular weight excluding hydrogens is 436 g/mol. The molecule has 3 aromatic rings. The molecule has 2 aliphatic carbocycles. The second-order valence-corrected chi connectivity index (χ2v) is 9.74. The minimum Gasteiger partial charge on any atom is -0.481 e. The summed E-state index contributed by atoms with van der Waals surface area (Å²) < 4.78 is 0. The number of hydrogen-bond acceptors (Lipinski definition) is 2. The molecule has 0 aliphatic heterocycles. The number of benzene rings is 3. The molecule has 4 heteroatoms. The van der Waals surface area contributed by atoms with E-state index in [0.29, 0.717) is 0 Å². The summed E-state index contributed by atoms with van der Waals surface area (Å²) in [5.41, 5.74) is 4.83. The smallest absolute Gasteiger partial charge is 0.308 e. The summed E-state index contributed by atoms with van der Waals surface area (Å²) in [6.45, 7) is 0. The first-order valence-electron chi connectivity index (χ1n) is 12.4. The van der Waals surface area contributed by atoms with Gasteiger partial charge in [0.25, 0.3) is 0 Å². The van der Waals surface area contributed by atoms with Gasteiger partial charge >= 0.3 is 11.9 Å². The highest BCUT2D eigenvalue weighted by Gasteiger charge is 2.59. The monoisotopic (exact) mass is 466 g/mol. The van der Waals surface area contributed by atoms with Gasteiger partial charge in [0.1, 0.15) is 0 Å². The molecule has 0 spiro atoms. The maximum atomic E-state index is 13.1.